The topological polar surface area (TPSA) is 71.0 Å². The second kappa shape index (κ2) is 5.91. The molecule has 6 heteroatoms. The molecule has 0 saturated heterocycles. The second-order valence-corrected chi connectivity index (χ2v) is 6.78. The van der Waals surface area contributed by atoms with Gasteiger partial charge in [0.1, 0.15) is 17.4 Å². The monoisotopic (exact) mass is 317 g/mol. The molecule has 108 valence electrons. The first-order valence-corrected chi connectivity index (χ1v) is 8.42. The van der Waals surface area contributed by atoms with E-state index in [0.717, 1.165) is 23.0 Å². The van der Waals surface area contributed by atoms with Gasteiger partial charge >= 0.3 is 0 Å². The molecule has 1 unspecified atom stereocenters. The lowest BCUT2D eigenvalue weighted by atomic mass is 10.1. The van der Waals surface area contributed by atoms with E-state index in [4.69, 9.17) is 5.73 Å². The van der Waals surface area contributed by atoms with E-state index in [-0.39, 0.29) is 11.0 Å². The zero-order chi connectivity index (χ0) is 14.8. The fourth-order valence-corrected chi connectivity index (χ4v) is 4.32. The molecule has 1 aliphatic rings. The van der Waals surface area contributed by atoms with Gasteiger partial charge in [0.25, 0.3) is 0 Å². The van der Waals surface area contributed by atoms with Crippen LogP contribution < -0.4 is 5.73 Å². The van der Waals surface area contributed by atoms with Gasteiger partial charge in [0, 0.05) is 10.6 Å². The first-order chi connectivity index (χ1) is 10.1. The highest BCUT2D eigenvalue weighted by molar-refractivity contribution is 8.00. The fraction of sp³-hybridized carbons (Fsp3) is 0.200. The lowest BCUT2D eigenvalue weighted by Crippen LogP contribution is -2.14. The van der Waals surface area contributed by atoms with Gasteiger partial charge in [-0.2, -0.15) is 0 Å². The summed E-state index contributed by atoms with van der Waals surface area (Å²) in [5, 5.41) is 11.9. The summed E-state index contributed by atoms with van der Waals surface area (Å²) < 4.78 is 0. The molecule has 0 amide bonds. The van der Waals surface area contributed by atoms with E-state index in [1.165, 1.54) is 4.88 Å². The van der Waals surface area contributed by atoms with E-state index in [2.05, 4.69) is 16.1 Å². The summed E-state index contributed by atoms with van der Waals surface area (Å²) in [6.45, 7) is 1.89. The van der Waals surface area contributed by atoms with Crippen LogP contribution in [0.15, 0.2) is 45.7 Å². The number of rotatable bonds is 5. The second-order valence-electron chi connectivity index (χ2n) is 4.71. The molecule has 1 atom stereocenters. The molecule has 2 aromatic rings. The molecule has 0 saturated carbocycles. The van der Waals surface area contributed by atoms with Crippen LogP contribution >= 0.6 is 23.1 Å². The molecule has 1 aromatic carbocycles. The van der Waals surface area contributed by atoms with Crippen molar-refractivity contribution >= 4 is 40.5 Å². The molecule has 3 rings (SSSR count). The first-order valence-electron chi connectivity index (χ1n) is 6.50. The van der Waals surface area contributed by atoms with Crippen molar-refractivity contribution in [1.82, 2.24) is 0 Å². The largest absolute Gasteiger partial charge is 0.508 e. The first kappa shape index (κ1) is 14.2. The molecule has 4 nitrogen and oxygen atoms in total. The molecular formula is C15H15N3OS2. The molecule has 3 N–H and O–H groups in total. The number of benzene rings is 1. The maximum absolute atomic E-state index is 9.75. The number of nitrogen functional groups attached to an aromatic ring is 1. The van der Waals surface area contributed by atoms with Crippen LogP contribution in [0.5, 0.6) is 5.75 Å². The Labute approximate surface area is 131 Å². The molecule has 21 heavy (non-hydrogen) atoms. The van der Waals surface area contributed by atoms with Gasteiger partial charge in [-0.1, -0.05) is 6.07 Å². The van der Waals surface area contributed by atoms with Crippen molar-refractivity contribution in [2.24, 2.45) is 9.98 Å². The Bertz CT molecular complexity index is 708. The number of phenolic OH excluding ortho intramolecular Hbond substituents is 1. The third-order valence-electron chi connectivity index (χ3n) is 3.12. The van der Waals surface area contributed by atoms with Crippen LogP contribution in [0.25, 0.3) is 0 Å². The number of nitrogens with two attached hydrogens (primary N) is 1. The summed E-state index contributed by atoms with van der Waals surface area (Å²) in [4.78, 5) is 9.76. The van der Waals surface area contributed by atoms with Gasteiger partial charge in [-0.05, 0) is 42.1 Å². The number of thiophene rings is 1. The van der Waals surface area contributed by atoms with E-state index < -0.39 is 0 Å². The van der Waals surface area contributed by atoms with Gasteiger partial charge in [0.05, 0.1) is 11.0 Å². The Morgan fingerprint density at radius 2 is 2.14 bits per heavy atom. The Morgan fingerprint density at radius 1 is 1.33 bits per heavy atom. The van der Waals surface area contributed by atoms with Crippen LogP contribution in [0.4, 0.5) is 5.69 Å². The summed E-state index contributed by atoms with van der Waals surface area (Å²) >= 11 is 3.41. The third-order valence-corrected chi connectivity index (χ3v) is 5.47. The van der Waals surface area contributed by atoms with Crippen molar-refractivity contribution in [3.05, 3.63) is 46.2 Å². The van der Waals surface area contributed by atoms with Crippen molar-refractivity contribution in [2.45, 2.75) is 12.2 Å². The predicted molar refractivity (Wildman–Crippen MR) is 91.7 cm³/mol. The number of anilines is 1. The van der Waals surface area contributed by atoms with Crippen LogP contribution in [0.1, 0.15) is 22.6 Å². The number of aromatic hydroxyl groups is 1. The van der Waals surface area contributed by atoms with Crippen LogP contribution in [-0.4, -0.2) is 22.5 Å². The van der Waals surface area contributed by atoms with Crippen LogP contribution in [0.3, 0.4) is 0 Å². The minimum atomic E-state index is 0.0795. The van der Waals surface area contributed by atoms with E-state index in [1.807, 2.05) is 18.4 Å². The maximum atomic E-state index is 9.75. The molecule has 0 spiro atoms. The van der Waals surface area contributed by atoms with Gasteiger partial charge in [0.15, 0.2) is 0 Å². The van der Waals surface area contributed by atoms with Gasteiger partial charge in [-0.3, -0.25) is 0 Å². The number of hydrogen-bond donors (Lipinski definition) is 2. The normalized spacial score (nSPS) is 15.1. The van der Waals surface area contributed by atoms with Crippen LogP contribution in [0.2, 0.25) is 0 Å². The average molecular weight is 317 g/mol. The van der Waals surface area contributed by atoms with Gasteiger partial charge in [-0.15, -0.1) is 23.1 Å². The lowest BCUT2D eigenvalue weighted by Gasteiger charge is -2.19. The van der Waals surface area contributed by atoms with Crippen molar-refractivity contribution < 1.29 is 5.11 Å². The number of hydrogen-bond acceptors (Lipinski definition) is 6. The van der Waals surface area contributed by atoms with E-state index in [1.54, 1.807) is 41.3 Å². The lowest BCUT2D eigenvalue weighted by molar-refractivity contribution is 0.475. The Balaban J connectivity index is 1.86. The molecular weight excluding hydrogens is 302 g/mol. The van der Waals surface area contributed by atoms with Crippen LogP contribution in [-0.2, 0) is 0 Å². The summed E-state index contributed by atoms with van der Waals surface area (Å²) in [7, 11) is 0. The smallest absolute Gasteiger partial charge is 0.142 e. The van der Waals surface area contributed by atoms with Crippen molar-refractivity contribution in [3.8, 4) is 5.75 Å². The Hall–Kier alpha value is -1.79. The number of phenols is 1. The summed E-state index contributed by atoms with van der Waals surface area (Å²) in [5.41, 5.74) is 7.72. The number of thioether (sulfide) groups is 1. The van der Waals surface area contributed by atoms with E-state index >= 15 is 0 Å². The average Bonchev–Trinajstić information content (AvgIpc) is 2.94. The zero-order valence-electron chi connectivity index (χ0n) is 11.5. The molecule has 1 aromatic heterocycles. The molecule has 0 fully saturated rings. The summed E-state index contributed by atoms with van der Waals surface area (Å²) in [6, 6.07) is 9.20. The standard InChI is InChI=1S/C15H15N3OS2/c1-9-17-14(18-9)8-21-15(13-3-2-6-20-13)11-7-10(19)4-5-12(11)16/h2-7,15,19H,8,16H2,1H3. The fourth-order valence-electron chi connectivity index (χ4n) is 2.16. The minimum Gasteiger partial charge on any atom is -0.508 e. The molecule has 2 heterocycles. The van der Waals surface area contributed by atoms with Gasteiger partial charge in [0.2, 0.25) is 0 Å². The third kappa shape index (κ3) is 3.11. The van der Waals surface area contributed by atoms with Gasteiger partial charge < -0.3 is 10.8 Å². The quantitative estimate of drug-likeness (QED) is 0.652. The SMILES string of the molecule is CC1=NC(CSC(c2cccs2)c2cc(O)ccc2N)=N1. The van der Waals surface area contributed by atoms with Crippen LogP contribution in [0, 0.1) is 0 Å². The molecule has 0 aliphatic carbocycles. The molecule has 1 aliphatic heterocycles. The highest BCUT2D eigenvalue weighted by Gasteiger charge is 2.21. The summed E-state index contributed by atoms with van der Waals surface area (Å²) in [6.07, 6.45) is 0. The minimum absolute atomic E-state index is 0.0795. The highest BCUT2D eigenvalue weighted by atomic mass is 32.2. The maximum Gasteiger partial charge on any atom is 0.142 e. The molecule has 0 bridgehead atoms. The Morgan fingerprint density at radius 3 is 2.81 bits per heavy atom. The number of aliphatic imine (C=N–C) groups is 2. The van der Waals surface area contributed by atoms with Crippen molar-refractivity contribution in [3.63, 3.8) is 0 Å². The Kier molecular flexibility index (Phi) is 3.98. The van der Waals surface area contributed by atoms with Crippen molar-refractivity contribution in [2.75, 3.05) is 11.5 Å². The van der Waals surface area contributed by atoms with Crippen molar-refractivity contribution in [1.29, 1.82) is 0 Å². The summed E-state index contributed by atoms with van der Waals surface area (Å²) in [5.74, 6) is 2.65. The number of amidine groups is 2. The zero-order valence-corrected chi connectivity index (χ0v) is 13.1. The van der Waals surface area contributed by atoms with E-state index in [9.17, 15) is 5.11 Å². The molecule has 0 radical (unpaired) electrons. The highest BCUT2D eigenvalue weighted by Crippen LogP contribution is 2.41. The number of nitrogens with zero attached hydrogens (tertiary/aromatic N) is 2. The predicted octanol–water partition coefficient (Wildman–Crippen LogP) is 3.69. The van der Waals surface area contributed by atoms with Gasteiger partial charge in [-0.25, -0.2) is 9.98 Å². The van der Waals surface area contributed by atoms with E-state index in [0.29, 0.717) is 5.69 Å².